The van der Waals surface area contributed by atoms with Crippen molar-refractivity contribution in [2.75, 3.05) is 0 Å². The molecule has 0 spiro atoms. The van der Waals surface area contributed by atoms with Crippen molar-refractivity contribution in [3.63, 3.8) is 0 Å². The summed E-state index contributed by atoms with van der Waals surface area (Å²) < 4.78 is 0. The van der Waals surface area contributed by atoms with Gasteiger partial charge in [0.25, 0.3) is 0 Å². The molecule has 0 aromatic heterocycles. The van der Waals surface area contributed by atoms with Crippen LogP contribution in [0, 0.1) is 0 Å². The molecule has 0 aliphatic carbocycles. The van der Waals surface area contributed by atoms with Crippen LogP contribution in [0.3, 0.4) is 0 Å². The topological polar surface area (TPSA) is 0 Å². The van der Waals surface area contributed by atoms with Crippen LogP contribution in [0.1, 0.15) is 0 Å². The van der Waals surface area contributed by atoms with Gasteiger partial charge >= 0.3 is 0 Å². The zero-order chi connectivity index (χ0) is 84.4. The van der Waals surface area contributed by atoms with E-state index in [1.165, 1.54) is 200 Å². The first-order valence-electron chi connectivity index (χ1n) is 43.3. The summed E-state index contributed by atoms with van der Waals surface area (Å²) in [5.41, 5.74) is 43.9. The predicted octanol–water partition coefficient (Wildman–Crippen LogP) is 38.3. The molecule has 0 atom stereocenters. The Kier molecular flexibility index (Phi) is 57.9. The average Bonchev–Trinajstić information content (AvgIpc) is 0.790. The van der Waals surface area contributed by atoms with Gasteiger partial charge in [0.15, 0.2) is 0 Å². The van der Waals surface area contributed by atoms with Crippen LogP contribution < -0.4 is 0 Å². The lowest BCUT2D eigenvalue weighted by molar-refractivity contribution is 1.11. The van der Waals surface area contributed by atoms with Gasteiger partial charge in [-0.2, -0.15) is 0 Å². The second-order valence-electron chi connectivity index (χ2n) is 31.9. The van der Waals surface area contributed by atoms with E-state index in [4.69, 9.17) is 0 Å². The zero-order valence-corrected chi connectivity index (χ0v) is 78.5. The summed E-state index contributed by atoms with van der Waals surface area (Å²) in [7, 11) is 0. The molecule has 0 amide bonds. The lowest BCUT2D eigenvalue weighted by atomic mass is 9.91. The molecule has 0 saturated heterocycles. The summed E-state index contributed by atoms with van der Waals surface area (Å²) in [4.78, 5) is 0. The van der Waals surface area contributed by atoms with Gasteiger partial charge in [-0.25, -0.2) is 0 Å². The molecule has 21 aromatic rings. The van der Waals surface area contributed by atoms with Gasteiger partial charge in [-0.05, 0) is 255 Å². The Hall–Kier alpha value is -17.9. The summed E-state index contributed by atoms with van der Waals surface area (Å²) >= 11 is 0. The fourth-order valence-corrected chi connectivity index (χ4v) is 16.8. The largest absolute Gasteiger partial charge is 0.269 e. The Morgan fingerprint density at radius 3 is 0.163 bits per heavy atom. The Labute approximate surface area is 840 Å². The molecular formula is C126H111F21. The lowest BCUT2D eigenvalue weighted by Crippen LogP contribution is -1.88. The van der Waals surface area contributed by atoms with E-state index in [1.807, 2.05) is 0 Å². The van der Waals surface area contributed by atoms with E-state index in [1.54, 1.807) is 0 Å². The molecule has 0 N–H and O–H groups in total. The predicted molar refractivity (Wildman–Crippen MR) is 590 cm³/mol. The zero-order valence-electron chi connectivity index (χ0n) is 78.5. The van der Waals surface area contributed by atoms with Crippen LogP contribution in [-0.2, 0) is 0 Å². The van der Waals surface area contributed by atoms with Crippen molar-refractivity contribution in [3.8, 4) is 200 Å². The molecule has 0 aliphatic rings. The third-order valence-corrected chi connectivity index (χ3v) is 23.7. The van der Waals surface area contributed by atoms with E-state index in [2.05, 4.69) is 546 Å². The molecule has 0 unspecified atom stereocenters. The fourth-order valence-electron chi connectivity index (χ4n) is 16.8. The average molecular weight is 2020 g/mol. The maximum absolute atomic E-state index is 2.32. The van der Waals surface area contributed by atoms with E-state index in [0.29, 0.717) is 0 Å². The maximum atomic E-state index is 2.32. The second kappa shape index (κ2) is 63.8. The van der Waals surface area contributed by atoms with E-state index in [0.717, 1.165) is 0 Å². The summed E-state index contributed by atoms with van der Waals surface area (Å²) in [5, 5.41) is 0. The smallest absolute Gasteiger partial charge is 0.0172 e. The lowest BCUT2D eigenvalue weighted by Gasteiger charge is -2.13. The monoisotopic (exact) mass is 2020 g/mol. The van der Waals surface area contributed by atoms with Crippen molar-refractivity contribution in [2.24, 2.45) is 0 Å². The molecule has 0 aliphatic heterocycles. The van der Waals surface area contributed by atoms with Crippen molar-refractivity contribution >= 4 is 0 Å². The van der Waals surface area contributed by atoms with Gasteiger partial charge in [0.1, 0.15) is 0 Å². The minimum absolute atomic E-state index is 0. The normalized spacial score (nSPS) is 9.31. The molecule has 0 fully saturated rings. The molecule has 21 heteroatoms. The molecule has 0 bridgehead atoms. The van der Waals surface area contributed by atoms with Crippen LogP contribution >= 0.6 is 0 Å². The van der Waals surface area contributed by atoms with Gasteiger partial charge < -0.3 is 0 Å². The molecule has 0 radical (unpaired) electrons. The summed E-state index contributed by atoms with van der Waals surface area (Å²) in [5.74, 6) is 0. The quantitative estimate of drug-likeness (QED) is 0.0751. The van der Waals surface area contributed by atoms with Crippen LogP contribution in [0.5, 0.6) is 0 Å². The van der Waals surface area contributed by atoms with E-state index >= 15 is 0 Å². The summed E-state index contributed by atoms with van der Waals surface area (Å²) in [6.45, 7) is 0. The second-order valence-corrected chi connectivity index (χ2v) is 31.9. The van der Waals surface area contributed by atoms with Crippen molar-refractivity contribution in [1.82, 2.24) is 0 Å². The first-order chi connectivity index (χ1) is 62.4. The number of hydrogen-bond donors (Lipinski definition) is 0. The van der Waals surface area contributed by atoms with Crippen molar-refractivity contribution < 1.29 is 98.8 Å². The highest BCUT2D eigenvalue weighted by Gasteiger charge is 2.16. The van der Waals surface area contributed by atoms with Gasteiger partial charge in [0.05, 0.1) is 0 Å². The number of hydrogen-bond acceptors (Lipinski definition) is 0. The summed E-state index contributed by atoms with van der Waals surface area (Å²) in [6.07, 6.45) is 0. The molecule has 0 nitrogen and oxygen atoms in total. The Balaban J connectivity index is -0.00000199. The van der Waals surface area contributed by atoms with Crippen LogP contribution in [0.2, 0.25) is 0 Å². The third-order valence-electron chi connectivity index (χ3n) is 23.7. The molecule has 21 rings (SSSR count). The minimum Gasteiger partial charge on any atom is -0.269 e. The van der Waals surface area contributed by atoms with Gasteiger partial charge in [-0.15, -0.1) is 0 Å². The van der Waals surface area contributed by atoms with E-state index in [-0.39, 0.29) is 98.8 Å². The minimum atomic E-state index is 0. The molecular weight excluding hydrogens is 1910 g/mol. The molecule has 21 aromatic carbocycles. The van der Waals surface area contributed by atoms with E-state index < -0.39 is 0 Å². The first-order valence-corrected chi connectivity index (χ1v) is 43.3. The third kappa shape index (κ3) is 32.1. The Bertz CT molecular complexity index is 7020. The van der Waals surface area contributed by atoms with Gasteiger partial charge in [-0.1, -0.05) is 491 Å². The number of halogens is 21. The van der Waals surface area contributed by atoms with Gasteiger partial charge in [0, 0.05) is 0 Å². The molecule has 147 heavy (non-hydrogen) atoms. The SMILES string of the molecule is F.F.F.F.F.F.F.F.F.F.F.F.F.F.F.F.F.F.F.F.F.c1ccc(-c2ccc(-c3ccc(-c4cc(-c5ccc(-c6ccccc6)cc5)cc(-c5ccc(-c6ccccc6)cc5)c4)cc3)cc2)cc1.c1ccc(-c2ccc(-c3ccc(-c4cc(-c5ccccc5)cc(-c5ccc(-c6ccccc6)cc5)c4)cc3)cc2)cc1.c1ccc(-c2ccc(-c3ccc(-c4cc(-c5ccccc5)cc(-c5ccccc5)c4)cc3)cc2)cc1. The highest BCUT2D eigenvalue weighted by molar-refractivity contribution is 5.88. The van der Waals surface area contributed by atoms with Crippen LogP contribution in [0.4, 0.5) is 98.8 Å². The number of rotatable bonds is 18. The highest BCUT2D eigenvalue weighted by atomic mass is 19.0. The summed E-state index contributed by atoms with van der Waals surface area (Å²) in [6, 6.07) is 196. The molecule has 0 saturated carbocycles. The molecule has 0 heterocycles. The Morgan fingerprint density at radius 1 is 0.0476 bits per heavy atom. The van der Waals surface area contributed by atoms with Gasteiger partial charge in [0.2, 0.25) is 0 Å². The van der Waals surface area contributed by atoms with Gasteiger partial charge in [-0.3, -0.25) is 98.8 Å². The maximum Gasteiger partial charge on any atom is -0.0172 e. The molecule has 762 valence electrons. The number of benzene rings is 21. The van der Waals surface area contributed by atoms with Crippen LogP contribution in [0.15, 0.2) is 546 Å². The van der Waals surface area contributed by atoms with Crippen molar-refractivity contribution in [1.29, 1.82) is 0 Å². The van der Waals surface area contributed by atoms with E-state index in [9.17, 15) is 0 Å². The fraction of sp³-hybridized carbons (Fsp3) is 0. The van der Waals surface area contributed by atoms with Crippen molar-refractivity contribution in [3.05, 3.63) is 546 Å². The Morgan fingerprint density at radius 2 is 0.0952 bits per heavy atom. The van der Waals surface area contributed by atoms with Crippen LogP contribution in [-0.4, -0.2) is 0 Å². The standard InChI is InChI=1S/C48H34.C42H30.C36H26.21FH/c1-4-10-35(11-5-1)38-16-18-41(19-17-38)42-24-30-45(31-25-42)48-33-46(43-26-20-39(21-27-43)36-12-6-2-7-13-36)32-47(34-48)44-28-22-40(23-29-44)37-14-8-3-9-15-37;1-4-10-31(11-5-1)34-16-18-36(19-17-34)37-22-26-39(27-23-37)42-29-40(33-14-8-3-9-15-33)28-41(30-42)38-24-20-35(21-25-38)32-12-6-2-7-13-32;1-4-10-27(11-5-1)30-16-18-31(19-17-30)32-20-22-33(23-21-32)36-25-34(28-12-6-2-7-13-28)24-35(26-36)29-14-8-3-9-15-29;;;;;;;;;;;;;;;;;;;;;/h1-34H;1-30H;1-26H;21*1H. The highest BCUT2D eigenvalue weighted by Crippen LogP contribution is 2.41. The van der Waals surface area contributed by atoms with Crippen molar-refractivity contribution in [2.45, 2.75) is 0 Å². The first kappa shape index (κ1) is 133. The van der Waals surface area contributed by atoms with Crippen LogP contribution in [0.25, 0.3) is 200 Å².